The Labute approximate surface area is 123 Å². The van der Waals surface area contributed by atoms with Crippen LogP contribution in [0.3, 0.4) is 0 Å². The number of nitrogens with one attached hydrogen (secondary N) is 1. The van der Waals surface area contributed by atoms with Crippen LogP contribution in [0.25, 0.3) is 0 Å². The van der Waals surface area contributed by atoms with E-state index in [9.17, 15) is 19.7 Å². The molecule has 0 spiro atoms. The van der Waals surface area contributed by atoms with Crippen molar-refractivity contribution in [3.8, 4) is 0 Å². The smallest absolute Gasteiger partial charge is 0.307 e. The molecule has 0 aromatic heterocycles. The molecule has 1 aromatic carbocycles. The highest BCUT2D eigenvalue weighted by atomic mass is 79.9. The number of carbonyl (C=O) groups excluding carboxylic acids is 1. The summed E-state index contributed by atoms with van der Waals surface area (Å²) >= 11 is 3.11. The number of benzene rings is 1. The maximum Gasteiger partial charge on any atom is 0.307 e. The minimum absolute atomic E-state index is 0.0349. The van der Waals surface area contributed by atoms with Gasteiger partial charge < -0.3 is 10.4 Å². The van der Waals surface area contributed by atoms with Crippen molar-refractivity contribution in [2.24, 2.45) is 11.8 Å². The fourth-order valence-electron chi connectivity index (χ4n) is 1.45. The van der Waals surface area contributed by atoms with Crippen LogP contribution in [0.2, 0.25) is 0 Å². The number of carbonyl (C=O) groups is 2. The van der Waals surface area contributed by atoms with Gasteiger partial charge in [-0.2, -0.15) is 0 Å². The van der Waals surface area contributed by atoms with Crippen LogP contribution in [-0.4, -0.2) is 21.9 Å². The second kappa shape index (κ2) is 6.47. The molecule has 108 valence electrons. The number of nitro benzene ring substituents is 1. The van der Waals surface area contributed by atoms with Crippen LogP contribution in [0, 0.1) is 22.0 Å². The average Bonchev–Trinajstić information content (AvgIpc) is 2.38. The molecule has 0 radical (unpaired) electrons. The number of nitrogens with zero attached hydrogens (tertiary/aromatic N) is 1. The normalized spacial score (nSPS) is 13.3. The van der Waals surface area contributed by atoms with Crippen LogP contribution in [0.1, 0.15) is 13.8 Å². The lowest BCUT2D eigenvalue weighted by atomic mass is 9.95. The maximum absolute atomic E-state index is 11.9. The standard InChI is InChI=1S/C12H13BrN2O5/c1-6(7(2)12(17)18)11(16)14-9-4-3-8(13)5-10(9)15(19)20/h3-7H,1-2H3,(H,14,16)(H,17,18). The van der Waals surface area contributed by atoms with E-state index in [0.717, 1.165) is 0 Å². The molecule has 0 bridgehead atoms. The van der Waals surface area contributed by atoms with E-state index in [2.05, 4.69) is 21.2 Å². The van der Waals surface area contributed by atoms with Crippen LogP contribution >= 0.6 is 15.9 Å². The zero-order valence-electron chi connectivity index (χ0n) is 10.8. The first kappa shape index (κ1) is 16.1. The van der Waals surface area contributed by atoms with Crippen molar-refractivity contribution in [1.82, 2.24) is 0 Å². The van der Waals surface area contributed by atoms with Gasteiger partial charge in [-0.25, -0.2) is 0 Å². The lowest BCUT2D eigenvalue weighted by Crippen LogP contribution is -2.30. The van der Waals surface area contributed by atoms with E-state index >= 15 is 0 Å². The number of nitro groups is 1. The van der Waals surface area contributed by atoms with Crippen molar-refractivity contribution in [2.75, 3.05) is 5.32 Å². The zero-order valence-corrected chi connectivity index (χ0v) is 12.4. The van der Waals surface area contributed by atoms with Gasteiger partial charge in [-0.05, 0) is 12.1 Å². The summed E-state index contributed by atoms with van der Waals surface area (Å²) in [6.45, 7) is 2.86. The maximum atomic E-state index is 11.9. The predicted molar refractivity (Wildman–Crippen MR) is 75.4 cm³/mol. The number of halogens is 1. The summed E-state index contributed by atoms with van der Waals surface area (Å²) in [4.78, 5) is 33.0. The molecule has 2 N–H and O–H groups in total. The molecule has 8 heteroatoms. The largest absolute Gasteiger partial charge is 0.481 e. The minimum atomic E-state index is -1.10. The number of rotatable bonds is 5. The van der Waals surface area contributed by atoms with Crippen molar-refractivity contribution < 1.29 is 19.6 Å². The Balaban J connectivity index is 2.96. The van der Waals surface area contributed by atoms with E-state index in [1.165, 1.54) is 26.0 Å². The van der Waals surface area contributed by atoms with Gasteiger partial charge in [0.2, 0.25) is 5.91 Å². The average molecular weight is 345 g/mol. The van der Waals surface area contributed by atoms with Crippen molar-refractivity contribution in [3.05, 3.63) is 32.8 Å². The second-order valence-corrected chi connectivity index (χ2v) is 5.24. The molecule has 0 aliphatic carbocycles. The predicted octanol–water partition coefficient (Wildman–Crippen LogP) is 2.65. The first-order valence-corrected chi connectivity index (χ1v) is 6.51. The third kappa shape index (κ3) is 3.77. The van der Waals surface area contributed by atoms with Crippen LogP contribution in [0.4, 0.5) is 11.4 Å². The van der Waals surface area contributed by atoms with E-state index in [-0.39, 0.29) is 11.4 Å². The van der Waals surface area contributed by atoms with Gasteiger partial charge in [0.05, 0.1) is 10.8 Å². The molecule has 2 atom stereocenters. The summed E-state index contributed by atoms with van der Waals surface area (Å²) in [5, 5.41) is 22.1. The van der Waals surface area contributed by atoms with Crippen molar-refractivity contribution in [1.29, 1.82) is 0 Å². The molecule has 0 heterocycles. The number of amides is 1. The molecular weight excluding hydrogens is 332 g/mol. The number of carboxylic acids is 1. The Kier molecular flexibility index (Phi) is 5.20. The van der Waals surface area contributed by atoms with Gasteiger partial charge in [-0.15, -0.1) is 0 Å². The lowest BCUT2D eigenvalue weighted by molar-refractivity contribution is -0.384. The van der Waals surface area contributed by atoms with Gasteiger partial charge in [0.25, 0.3) is 5.69 Å². The van der Waals surface area contributed by atoms with Crippen molar-refractivity contribution >= 4 is 39.2 Å². The highest BCUT2D eigenvalue weighted by molar-refractivity contribution is 9.10. The highest BCUT2D eigenvalue weighted by Crippen LogP contribution is 2.28. The quantitative estimate of drug-likeness (QED) is 0.630. The third-order valence-electron chi connectivity index (χ3n) is 2.97. The molecule has 0 aliphatic heterocycles. The number of aliphatic carboxylic acids is 1. The number of hydrogen-bond donors (Lipinski definition) is 2. The van der Waals surface area contributed by atoms with Gasteiger partial charge in [-0.1, -0.05) is 29.8 Å². The van der Waals surface area contributed by atoms with Gasteiger partial charge in [0.1, 0.15) is 5.69 Å². The monoisotopic (exact) mass is 344 g/mol. The molecular formula is C12H13BrN2O5. The highest BCUT2D eigenvalue weighted by Gasteiger charge is 2.27. The molecule has 20 heavy (non-hydrogen) atoms. The van der Waals surface area contributed by atoms with Crippen LogP contribution in [0.5, 0.6) is 0 Å². The fourth-order valence-corrected chi connectivity index (χ4v) is 1.80. The van der Waals surface area contributed by atoms with Gasteiger partial charge in [-0.3, -0.25) is 19.7 Å². The molecule has 1 amide bonds. The van der Waals surface area contributed by atoms with E-state index in [4.69, 9.17) is 5.11 Å². The van der Waals surface area contributed by atoms with Crippen LogP contribution in [-0.2, 0) is 9.59 Å². The molecule has 0 saturated carbocycles. The minimum Gasteiger partial charge on any atom is -0.481 e. The SMILES string of the molecule is CC(C(=O)O)C(C)C(=O)Nc1ccc(Br)cc1[N+](=O)[O-]. The number of hydrogen-bond acceptors (Lipinski definition) is 4. The lowest BCUT2D eigenvalue weighted by Gasteiger charge is -2.15. The van der Waals surface area contributed by atoms with Gasteiger partial charge in [0, 0.05) is 16.5 Å². The molecule has 1 aromatic rings. The Hall–Kier alpha value is -1.96. The van der Waals surface area contributed by atoms with Gasteiger partial charge in [0.15, 0.2) is 0 Å². The Bertz CT molecular complexity index is 561. The summed E-state index contributed by atoms with van der Waals surface area (Å²) < 4.78 is 0.508. The first-order chi connectivity index (χ1) is 9.23. The topological polar surface area (TPSA) is 110 Å². The summed E-state index contributed by atoms with van der Waals surface area (Å²) in [6, 6.07) is 4.20. The van der Waals surface area contributed by atoms with E-state index in [1.807, 2.05) is 0 Å². The van der Waals surface area contributed by atoms with E-state index in [0.29, 0.717) is 4.47 Å². The van der Waals surface area contributed by atoms with E-state index in [1.54, 1.807) is 6.07 Å². The van der Waals surface area contributed by atoms with Crippen molar-refractivity contribution in [3.63, 3.8) is 0 Å². The van der Waals surface area contributed by atoms with Crippen molar-refractivity contribution in [2.45, 2.75) is 13.8 Å². The zero-order chi connectivity index (χ0) is 15.4. The van der Waals surface area contributed by atoms with E-state index < -0.39 is 28.6 Å². The molecule has 0 fully saturated rings. The van der Waals surface area contributed by atoms with Gasteiger partial charge >= 0.3 is 5.97 Å². The number of anilines is 1. The van der Waals surface area contributed by atoms with Crippen LogP contribution < -0.4 is 5.32 Å². The summed E-state index contributed by atoms with van der Waals surface area (Å²) in [7, 11) is 0. The Morgan fingerprint density at radius 2 is 1.95 bits per heavy atom. The molecule has 0 aliphatic rings. The summed E-state index contributed by atoms with van der Waals surface area (Å²) in [5.41, 5.74) is -0.226. The first-order valence-electron chi connectivity index (χ1n) is 5.71. The molecule has 0 saturated heterocycles. The molecule has 1 rings (SSSR count). The fraction of sp³-hybridized carbons (Fsp3) is 0.333. The number of carboxylic acid groups (broad SMARTS) is 1. The second-order valence-electron chi connectivity index (χ2n) is 4.32. The summed E-state index contributed by atoms with van der Waals surface area (Å²) in [6.07, 6.45) is 0. The Morgan fingerprint density at radius 3 is 2.45 bits per heavy atom. The Morgan fingerprint density at radius 1 is 1.35 bits per heavy atom. The molecule has 7 nitrogen and oxygen atoms in total. The summed E-state index contributed by atoms with van der Waals surface area (Å²) in [5.74, 6) is -3.37. The van der Waals surface area contributed by atoms with Crippen LogP contribution in [0.15, 0.2) is 22.7 Å². The molecule has 2 unspecified atom stereocenters. The third-order valence-corrected chi connectivity index (χ3v) is 3.46.